The Hall–Kier alpha value is -1.76. The molecule has 92 valence electrons. The third kappa shape index (κ3) is 3.63. The fraction of sp³-hybridized carbons (Fsp3) is 0.200. The molecule has 7 heteroatoms. The maximum atomic E-state index is 10.4. The molecule has 0 saturated carbocycles. The highest BCUT2D eigenvalue weighted by Gasteiger charge is 2.12. The number of ether oxygens (including phenoxy) is 2. The Bertz CT molecular complexity index is 447. The number of aliphatic carboxylic acids is 1. The van der Waals surface area contributed by atoms with Gasteiger partial charge in [0.1, 0.15) is 0 Å². The zero-order valence-electron chi connectivity index (χ0n) is 8.88. The number of nitrogens with zero attached hydrogens (tertiary/aromatic N) is 1. The average Bonchev–Trinajstić information content (AvgIpc) is 2.27. The minimum absolute atomic E-state index is 0.282. The van der Waals surface area contributed by atoms with E-state index in [1.807, 2.05) is 0 Å². The molecule has 0 fully saturated rings. The van der Waals surface area contributed by atoms with Gasteiger partial charge in [-0.15, -0.1) is 0 Å². The maximum Gasteiger partial charge on any atom is 0.341 e. The highest BCUT2D eigenvalue weighted by atomic mass is 79.9. The van der Waals surface area contributed by atoms with E-state index < -0.39 is 12.6 Å². The van der Waals surface area contributed by atoms with E-state index in [0.29, 0.717) is 15.8 Å². The van der Waals surface area contributed by atoms with Crippen LogP contribution in [0.25, 0.3) is 0 Å². The van der Waals surface area contributed by atoms with Gasteiger partial charge in [-0.1, -0.05) is 5.16 Å². The van der Waals surface area contributed by atoms with E-state index in [-0.39, 0.29) is 5.75 Å². The highest BCUT2D eigenvalue weighted by molar-refractivity contribution is 9.10. The predicted molar refractivity (Wildman–Crippen MR) is 63.2 cm³/mol. The molecule has 0 amide bonds. The molecule has 1 rings (SSSR count). The number of hydrogen-bond acceptors (Lipinski definition) is 5. The minimum Gasteiger partial charge on any atom is -0.493 e. The Kier molecular flexibility index (Phi) is 4.77. The van der Waals surface area contributed by atoms with Crippen LogP contribution in [0.3, 0.4) is 0 Å². The second-order valence-corrected chi connectivity index (χ2v) is 3.82. The Labute approximate surface area is 106 Å². The lowest BCUT2D eigenvalue weighted by Crippen LogP contribution is -2.10. The molecule has 0 radical (unpaired) electrons. The molecular weight excluding hydrogens is 294 g/mol. The highest BCUT2D eigenvalue weighted by Crippen LogP contribution is 2.36. The van der Waals surface area contributed by atoms with E-state index >= 15 is 0 Å². The molecule has 0 aromatic heterocycles. The summed E-state index contributed by atoms with van der Waals surface area (Å²) in [5.41, 5.74) is 0.582. The first kappa shape index (κ1) is 13.3. The standard InChI is InChI=1S/C10H10BrNO5/c1-16-8-3-6(4-12-15)2-7(11)10(8)17-5-9(13)14/h2-4,15H,5H2,1H3,(H,13,14)/b12-4+. The minimum atomic E-state index is -1.08. The van der Waals surface area contributed by atoms with Crippen LogP contribution in [-0.2, 0) is 4.79 Å². The molecule has 0 aliphatic carbocycles. The molecule has 2 N–H and O–H groups in total. The zero-order chi connectivity index (χ0) is 12.8. The second-order valence-electron chi connectivity index (χ2n) is 2.96. The summed E-state index contributed by atoms with van der Waals surface area (Å²) in [6.07, 6.45) is 1.22. The second kappa shape index (κ2) is 6.09. The molecular formula is C10H10BrNO5. The van der Waals surface area contributed by atoms with Crippen LogP contribution in [0, 0.1) is 0 Å². The fourth-order valence-electron chi connectivity index (χ4n) is 1.15. The predicted octanol–water partition coefficient (Wildman–Crippen LogP) is 1.73. The van der Waals surface area contributed by atoms with Crippen molar-refractivity contribution in [1.29, 1.82) is 0 Å². The van der Waals surface area contributed by atoms with Gasteiger partial charge in [0.05, 0.1) is 17.8 Å². The van der Waals surface area contributed by atoms with E-state index in [1.165, 1.54) is 13.3 Å². The Morgan fingerprint density at radius 1 is 1.59 bits per heavy atom. The quantitative estimate of drug-likeness (QED) is 0.491. The van der Waals surface area contributed by atoms with Gasteiger partial charge >= 0.3 is 5.97 Å². The summed E-state index contributed by atoms with van der Waals surface area (Å²) in [5, 5.41) is 19.8. The van der Waals surface area contributed by atoms with Crippen molar-refractivity contribution >= 4 is 28.1 Å². The molecule has 0 aliphatic rings. The van der Waals surface area contributed by atoms with Crippen molar-refractivity contribution < 1.29 is 24.6 Å². The van der Waals surface area contributed by atoms with E-state index in [1.54, 1.807) is 12.1 Å². The van der Waals surface area contributed by atoms with Crippen LogP contribution in [0.4, 0.5) is 0 Å². The molecule has 1 aromatic rings. The number of rotatable bonds is 5. The van der Waals surface area contributed by atoms with Crippen molar-refractivity contribution in [2.24, 2.45) is 5.16 Å². The third-order valence-corrected chi connectivity index (χ3v) is 2.39. The van der Waals surface area contributed by atoms with Crippen molar-refractivity contribution in [3.05, 3.63) is 22.2 Å². The molecule has 1 aromatic carbocycles. The maximum absolute atomic E-state index is 10.4. The van der Waals surface area contributed by atoms with Crippen LogP contribution in [0.15, 0.2) is 21.8 Å². The summed E-state index contributed by atoms with van der Waals surface area (Å²) < 4.78 is 10.6. The number of hydrogen-bond donors (Lipinski definition) is 2. The van der Waals surface area contributed by atoms with Crippen molar-refractivity contribution in [3.63, 3.8) is 0 Å². The number of carbonyl (C=O) groups is 1. The lowest BCUT2D eigenvalue weighted by molar-refractivity contribution is -0.139. The average molecular weight is 304 g/mol. The van der Waals surface area contributed by atoms with Gasteiger partial charge in [-0.05, 0) is 28.1 Å². The number of carboxylic acid groups (broad SMARTS) is 1. The van der Waals surface area contributed by atoms with Crippen LogP contribution in [0.1, 0.15) is 5.56 Å². The Balaban J connectivity index is 3.07. The molecule has 0 saturated heterocycles. The first-order valence-electron chi connectivity index (χ1n) is 4.48. The summed E-state index contributed by atoms with van der Waals surface area (Å²) in [6.45, 7) is -0.470. The topological polar surface area (TPSA) is 88.4 Å². The van der Waals surface area contributed by atoms with Gasteiger partial charge < -0.3 is 19.8 Å². The monoisotopic (exact) mass is 303 g/mol. The SMILES string of the molecule is COc1cc(/C=N/O)cc(Br)c1OCC(=O)O. The molecule has 6 nitrogen and oxygen atoms in total. The zero-order valence-corrected chi connectivity index (χ0v) is 10.5. The number of oxime groups is 1. The summed E-state index contributed by atoms with van der Waals surface area (Å²) in [7, 11) is 1.43. The van der Waals surface area contributed by atoms with Crippen LogP contribution in [0.2, 0.25) is 0 Å². The van der Waals surface area contributed by atoms with Crippen LogP contribution >= 0.6 is 15.9 Å². The smallest absolute Gasteiger partial charge is 0.341 e. The van der Waals surface area contributed by atoms with Gasteiger partial charge in [0.25, 0.3) is 0 Å². The summed E-state index contributed by atoms with van der Waals surface area (Å²) in [5.74, 6) is -0.458. The van der Waals surface area contributed by atoms with E-state index in [2.05, 4.69) is 21.1 Å². The summed E-state index contributed by atoms with van der Waals surface area (Å²) in [4.78, 5) is 10.4. The largest absolute Gasteiger partial charge is 0.493 e. The third-order valence-electron chi connectivity index (χ3n) is 1.80. The lowest BCUT2D eigenvalue weighted by atomic mass is 10.2. The Morgan fingerprint density at radius 3 is 2.82 bits per heavy atom. The molecule has 0 bridgehead atoms. The van der Waals surface area contributed by atoms with Crippen molar-refractivity contribution in [2.75, 3.05) is 13.7 Å². The van der Waals surface area contributed by atoms with E-state index in [4.69, 9.17) is 19.8 Å². The number of benzene rings is 1. The van der Waals surface area contributed by atoms with Crippen LogP contribution in [-0.4, -0.2) is 36.2 Å². The van der Waals surface area contributed by atoms with Gasteiger partial charge in [-0.3, -0.25) is 0 Å². The Morgan fingerprint density at radius 2 is 2.29 bits per heavy atom. The van der Waals surface area contributed by atoms with Gasteiger partial charge in [-0.25, -0.2) is 4.79 Å². The molecule has 0 spiro atoms. The number of methoxy groups -OCH3 is 1. The number of carboxylic acids is 1. The molecule has 0 unspecified atom stereocenters. The lowest BCUT2D eigenvalue weighted by Gasteiger charge is -2.11. The molecule has 0 atom stereocenters. The van der Waals surface area contributed by atoms with Gasteiger partial charge in [0, 0.05) is 5.56 Å². The van der Waals surface area contributed by atoms with E-state index in [0.717, 1.165) is 0 Å². The molecule has 0 heterocycles. The summed E-state index contributed by atoms with van der Waals surface area (Å²) in [6, 6.07) is 3.17. The van der Waals surface area contributed by atoms with Crippen LogP contribution < -0.4 is 9.47 Å². The first-order chi connectivity index (χ1) is 8.08. The van der Waals surface area contributed by atoms with Gasteiger partial charge in [0.2, 0.25) is 0 Å². The molecule has 17 heavy (non-hydrogen) atoms. The number of halogens is 1. The molecule has 0 aliphatic heterocycles. The van der Waals surface area contributed by atoms with Gasteiger partial charge in [-0.2, -0.15) is 0 Å². The van der Waals surface area contributed by atoms with Crippen LogP contribution in [0.5, 0.6) is 11.5 Å². The van der Waals surface area contributed by atoms with Crippen molar-refractivity contribution in [2.45, 2.75) is 0 Å². The van der Waals surface area contributed by atoms with Gasteiger partial charge in [0.15, 0.2) is 18.1 Å². The first-order valence-corrected chi connectivity index (χ1v) is 5.27. The fourth-order valence-corrected chi connectivity index (χ4v) is 1.73. The normalized spacial score (nSPS) is 10.5. The van der Waals surface area contributed by atoms with E-state index in [9.17, 15) is 4.79 Å². The summed E-state index contributed by atoms with van der Waals surface area (Å²) >= 11 is 3.22. The van der Waals surface area contributed by atoms with Crippen molar-refractivity contribution in [3.8, 4) is 11.5 Å². The van der Waals surface area contributed by atoms with Crippen molar-refractivity contribution in [1.82, 2.24) is 0 Å².